The summed E-state index contributed by atoms with van der Waals surface area (Å²) in [4.78, 5) is 49.7. The van der Waals surface area contributed by atoms with Gasteiger partial charge in [-0.2, -0.15) is 0 Å². The molecule has 29 heavy (non-hydrogen) atoms. The van der Waals surface area contributed by atoms with Crippen molar-refractivity contribution >= 4 is 35.1 Å². The minimum Gasteiger partial charge on any atom is -0.468 e. The molecule has 2 aliphatic heterocycles. The van der Waals surface area contributed by atoms with Crippen molar-refractivity contribution in [1.82, 2.24) is 5.32 Å². The van der Waals surface area contributed by atoms with Crippen LogP contribution >= 0.6 is 0 Å². The summed E-state index contributed by atoms with van der Waals surface area (Å²) in [6, 6.07) is 4.29. The van der Waals surface area contributed by atoms with Crippen LogP contribution in [0.2, 0.25) is 0 Å². The highest BCUT2D eigenvalue weighted by atomic mass is 19.1. The van der Waals surface area contributed by atoms with Gasteiger partial charge < -0.3 is 19.7 Å². The van der Waals surface area contributed by atoms with E-state index in [2.05, 4.69) is 10.1 Å². The van der Waals surface area contributed by atoms with E-state index in [1.807, 2.05) is 0 Å². The van der Waals surface area contributed by atoms with Crippen LogP contribution in [0, 0.1) is 11.7 Å². The van der Waals surface area contributed by atoms with Gasteiger partial charge in [0.15, 0.2) is 5.78 Å². The fourth-order valence-electron chi connectivity index (χ4n) is 3.42. The predicted molar refractivity (Wildman–Crippen MR) is 100 cm³/mol. The number of carbonyl (C=O) groups is 4. The van der Waals surface area contributed by atoms with Gasteiger partial charge in [0.2, 0.25) is 5.91 Å². The largest absolute Gasteiger partial charge is 0.468 e. The van der Waals surface area contributed by atoms with Crippen LogP contribution in [-0.4, -0.2) is 63.1 Å². The molecular weight excluding hydrogens is 385 g/mol. The average molecular weight is 407 g/mol. The highest BCUT2D eigenvalue weighted by Crippen LogP contribution is 2.30. The molecule has 2 fully saturated rings. The lowest BCUT2D eigenvalue weighted by atomic mass is 9.96. The minimum absolute atomic E-state index is 0.0340. The SMILES string of the molecule is COC(=O)[C@H]1CN(c2ccc(N3CC(CNC(C)=O)OC3=O)cc2F)CCC1=O. The standard InChI is InChI=1S/C19H22FN3O6/c1-11(24)21-8-13-9-23(19(27)29-13)12-3-4-16(15(20)7-12)22-6-5-17(25)14(10-22)18(26)28-2/h3-4,7,13-14H,5-6,8-10H2,1-2H3,(H,21,24)/t13?,14-/m0/s1. The van der Waals surface area contributed by atoms with E-state index in [4.69, 9.17) is 4.74 Å². The van der Waals surface area contributed by atoms with E-state index in [1.165, 1.54) is 31.1 Å². The molecule has 1 N–H and O–H groups in total. The van der Waals surface area contributed by atoms with Gasteiger partial charge in [0.25, 0.3) is 0 Å². The smallest absolute Gasteiger partial charge is 0.414 e. The molecule has 156 valence electrons. The number of cyclic esters (lactones) is 1. The number of benzene rings is 1. The van der Waals surface area contributed by atoms with Gasteiger partial charge in [0.1, 0.15) is 17.8 Å². The zero-order chi connectivity index (χ0) is 21.1. The van der Waals surface area contributed by atoms with Crippen molar-refractivity contribution in [2.45, 2.75) is 19.4 Å². The van der Waals surface area contributed by atoms with E-state index in [9.17, 15) is 23.6 Å². The zero-order valence-corrected chi connectivity index (χ0v) is 16.1. The number of hydrogen-bond donors (Lipinski definition) is 1. The predicted octanol–water partition coefficient (Wildman–Crippen LogP) is 0.855. The Balaban J connectivity index is 1.72. The Labute approximate surface area is 166 Å². The number of methoxy groups -OCH3 is 1. The average Bonchev–Trinajstić information content (AvgIpc) is 3.07. The molecule has 2 aliphatic rings. The second-order valence-corrected chi connectivity index (χ2v) is 6.93. The van der Waals surface area contributed by atoms with Crippen LogP contribution in [0.4, 0.5) is 20.6 Å². The Morgan fingerprint density at radius 1 is 1.31 bits per heavy atom. The molecule has 1 aromatic carbocycles. The molecule has 0 spiro atoms. The summed E-state index contributed by atoms with van der Waals surface area (Å²) in [5.41, 5.74) is 0.552. The van der Waals surface area contributed by atoms with E-state index < -0.39 is 29.9 Å². The highest BCUT2D eigenvalue weighted by molar-refractivity contribution is 6.00. The first-order valence-corrected chi connectivity index (χ1v) is 9.17. The van der Waals surface area contributed by atoms with Crippen LogP contribution in [-0.2, 0) is 23.9 Å². The van der Waals surface area contributed by atoms with Gasteiger partial charge in [-0.3, -0.25) is 19.3 Å². The fraction of sp³-hybridized carbons (Fsp3) is 0.474. The van der Waals surface area contributed by atoms with Crippen LogP contribution < -0.4 is 15.1 Å². The number of nitrogens with zero attached hydrogens (tertiary/aromatic N) is 2. The molecule has 0 saturated carbocycles. The Morgan fingerprint density at radius 2 is 2.07 bits per heavy atom. The molecule has 0 aromatic heterocycles. The van der Waals surface area contributed by atoms with Crippen LogP contribution in [0.3, 0.4) is 0 Å². The number of rotatable bonds is 5. The summed E-state index contributed by atoms with van der Waals surface area (Å²) in [5, 5.41) is 2.58. The number of hydrogen-bond acceptors (Lipinski definition) is 7. The first-order valence-electron chi connectivity index (χ1n) is 9.17. The third-order valence-corrected chi connectivity index (χ3v) is 4.94. The number of piperidine rings is 1. The number of carbonyl (C=O) groups excluding carboxylic acids is 4. The zero-order valence-electron chi connectivity index (χ0n) is 16.1. The molecule has 1 aromatic rings. The number of Topliss-reactive ketones (excluding diaryl/α,β-unsaturated/α-hetero) is 1. The van der Waals surface area contributed by atoms with Gasteiger partial charge in [0, 0.05) is 26.4 Å². The Hall–Kier alpha value is -3.17. The minimum atomic E-state index is -0.948. The molecule has 9 nitrogen and oxygen atoms in total. The molecule has 2 amide bonds. The molecule has 2 saturated heterocycles. The summed E-state index contributed by atoms with van der Waals surface area (Å²) in [5.74, 6) is -2.63. The normalized spacial score (nSPS) is 21.8. The molecule has 2 atom stereocenters. The monoisotopic (exact) mass is 407 g/mol. The lowest BCUT2D eigenvalue weighted by Crippen LogP contribution is -2.45. The van der Waals surface area contributed by atoms with Crippen LogP contribution in [0.1, 0.15) is 13.3 Å². The number of esters is 1. The summed E-state index contributed by atoms with van der Waals surface area (Å²) >= 11 is 0. The highest BCUT2D eigenvalue weighted by Gasteiger charge is 2.36. The van der Waals surface area contributed by atoms with Crippen molar-refractivity contribution in [3.63, 3.8) is 0 Å². The lowest BCUT2D eigenvalue weighted by molar-refractivity contribution is -0.149. The third-order valence-electron chi connectivity index (χ3n) is 4.94. The molecule has 0 bridgehead atoms. The maximum absolute atomic E-state index is 14.8. The van der Waals surface area contributed by atoms with E-state index in [0.717, 1.165) is 0 Å². The van der Waals surface area contributed by atoms with Crippen LogP contribution in [0.5, 0.6) is 0 Å². The quantitative estimate of drug-likeness (QED) is 0.570. The maximum atomic E-state index is 14.8. The number of ketones is 1. The van der Waals surface area contributed by atoms with Gasteiger partial charge in [-0.25, -0.2) is 9.18 Å². The number of ether oxygens (including phenoxy) is 2. The Bertz CT molecular complexity index is 837. The summed E-state index contributed by atoms with van der Waals surface area (Å²) < 4.78 is 24.6. The van der Waals surface area contributed by atoms with Crippen molar-refractivity contribution in [2.75, 3.05) is 43.1 Å². The second-order valence-electron chi connectivity index (χ2n) is 6.93. The first kappa shape index (κ1) is 20.6. The van der Waals surface area contributed by atoms with Crippen molar-refractivity contribution in [2.24, 2.45) is 5.92 Å². The number of nitrogens with one attached hydrogen (secondary N) is 1. The molecule has 2 heterocycles. The lowest BCUT2D eigenvalue weighted by Gasteiger charge is -2.32. The van der Waals surface area contributed by atoms with E-state index in [1.54, 1.807) is 11.0 Å². The number of amides is 2. The van der Waals surface area contributed by atoms with Crippen LogP contribution in [0.15, 0.2) is 18.2 Å². The van der Waals surface area contributed by atoms with E-state index >= 15 is 0 Å². The van der Waals surface area contributed by atoms with E-state index in [0.29, 0.717) is 5.69 Å². The summed E-state index contributed by atoms with van der Waals surface area (Å²) in [6.07, 6.45) is -1.03. The number of anilines is 2. The second kappa shape index (κ2) is 8.46. The fourth-order valence-corrected chi connectivity index (χ4v) is 3.42. The van der Waals surface area contributed by atoms with Gasteiger partial charge in [-0.1, -0.05) is 0 Å². The van der Waals surface area contributed by atoms with Gasteiger partial charge in [-0.05, 0) is 18.2 Å². The van der Waals surface area contributed by atoms with Crippen molar-refractivity contribution in [3.8, 4) is 0 Å². The molecule has 0 radical (unpaired) electrons. The van der Waals surface area contributed by atoms with E-state index in [-0.39, 0.29) is 50.0 Å². The van der Waals surface area contributed by atoms with Crippen LogP contribution in [0.25, 0.3) is 0 Å². The molecule has 1 unspecified atom stereocenters. The molecule has 10 heteroatoms. The maximum Gasteiger partial charge on any atom is 0.414 e. The topological polar surface area (TPSA) is 105 Å². The van der Waals surface area contributed by atoms with Crippen molar-refractivity contribution < 1.29 is 33.0 Å². The molecule has 0 aliphatic carbocycles. The van der Waals surface area contributed by atoms with Gasteiger partial charge >= 0.3 is 12.1 Å². The van der Waals surface area contributed by atoms with Gasteiger partial charge in [-0.15, -0.1) is 0 Å². The van der Waals surface area contributed by atoms with Crippen molar-refractivity contribution in [1.29, 1.82) is 0 Å². The third kappa shape index (κ3) is 4.47. The van der Waals surface area contributed by atoms with Gasteiger partial charge in [0.05, 0.1) is 31.6 Å². The first-order chi connectivity index (χ1) is 13.8. The van der Waals surface area contributed by atoms with Crippen molar-refractivity contribution in [3.05, 3.63) is 24.0 Å². The summed E-state index contributed by atoms with van der Waals surface area (Å²) in [6.45, 7) is 2.04. The molecule has 3 rings (SSSR count). The molecular formula is C19H22FN3O6. The Morgan fingerprint density at radius 3 is 2.72 bits per heavy atom. The Kier molecular flexibility index (Phi) is 6.00. The summed E-state index contributed by atoms with van der Waals surface area (Å²) in [7, 11) is 1.21. The number of halogens is 1.